The highest BCUT2D eigenvalue weighted by atomic mass is 16.5. The first kappa shape index (κ1) is 12.9. The van der Waals surface area contributed by atoms with Crippen molar-refractivity contribution in [3.8, 4) is 5.75 Å². The van der Waals surface area contributed by atoms with E-state index in [9.17, 15) is 0 Å². The predicted molar refractivity (Wildman–Crippen MR) is 74.3 cm³/mol. The lowest BCUT2D eigenvalue weighted by Crippen LogP contribution is -2.51. The zero-order valence-corrected chi connectivity index (χ0v) is 11.5. The zero-order valence-electron chi connectivity index (χ0n) is 11.5. The SMILES string of the molecule is COc1ccc2c(c1)CC(NN1CCOCC1)CC2. The molecular formula is C15H22N2O2. The molecule has 1 aliphatic heterocycles. The molecule has 0 radical (unpaired) electrons. The second-order valence-electron chi connectivity index (χ2n) is 5.30. The quantitative estimate of drug-likeness (QED) is 0.892. The average molecular weight is 262 g/mol. The van der Waals surface area contributed by atoms with Crippen LogP contribution in [0.25, 0.3) is 0 Å². The van der Waals surface area contributed by atoms with Crippen LogP contribution in [0.1, 0.15) is 17.5 Å². The predicted octanol–water partition coefficient (Wildman–Crippen LogP) is 1.39. The van der Waals surface area contributed by atoms with Crippen molar-refractivity contribution in [3.63, 3.8) is 0 Å². The minimum atomic E-state index is 0.540. The van der Waals surface area contributed by atoms with E-state index in [1.54, 1.807) is 7.11 Å². The number of hydrazine groups is 1. The van der Waals surface area contributed by atoms with Gasteiger partial charge in [-0.3, -0.25) is 5.43 Å². The molecule has 1 saturated heterocycles. The molecule has 0 amide bonds. The van der Waals surface area contributed by atoms with E-state index in [1.165, 1.54) is 17.5 Å². The lowest BCUT2D eigenvalue weighted by atomic mass is 9.88. The fraction of sp³-hybridized carbons (Fsp3) is 0.600. The van der Waals surface area contributed by atoms with E-state index < -0.39 is 0 Å². The van der Waals surface area contributed by atoms with Gasteiger partial charge in [0.05, 0.1) is 20.3 Å². The smallest absolute Gasteiger partial charge is 0.119 e. The molecule has 0 spiro atoms. The van der Waals surface area contributed by atoms with E-state index >= 15 is 0 Å². The fourth-order valence-corrected chi connectivity index (χ4v) is 2.92. The topological polar surface area (TPSA) is 33.7 Å². The van der Waals surface area contributed by atoms with Gasteiger partial charge in [0.1, 0.15) is 5.75 Å². The first-order chi connectivity index (χ1) is 9.35. The highest BCUT2D eigenvalue weighted by Gasteiger charge is 2.21. The Hall–Kier alpha value is -1.10. The number of benzene rings is 1. The van der Waals surface area contributed by atoms with E-state index in [4.69, 9.17) is 9.47 Å². The van der Waals surface area contributed by atoms with Gasteiger partial charge < -0.3 is 9.47 Å². The van der Waals surface area contributed by atoms with Crippen molar-refractivity contribution in [2.24, 2.45) is 0 Å². The number of fused-ring (bicyclic) bond motifs is 1. The summed E-state index contributed by atoms with van der Waals surface area (Å²) in [5.41, 5.74) is 6.55. The first-order valence-electron chi connectivity index (χ1n) is 7.10. The maximum absolute atomic E-state index is 5.38. The number of hydrogen-bond donors (Lipinski definition) is 1. The molecule has 0 saturated carbocycles. The number of methoxy groups -OCH3 is 1. The summed E-state index contributed by atoms with van der Waals surface area (Å²) < 4.78 is 10.7. The Morgan fingerprint density at radius 1 is 1.26 bits per heavy atom. The van der Waals surface area contributed by atoms with Crippen LogP contribution < -0.4 is 10.2 Å². The third-order valence-corrected chi connectivity index (χ3v) is 4.02. The van der Waals surface area contributed by atoms with Crippen LogP contribution in [-0.2, 0) is 17.6 Å². The highest BCUT2D eigenvalue weighted by molar-refractivity contribution is 5.37. The molecular weight excluding hydrogens is 240 g/mol. The normalized spacial score (nSPS) is 23.9. The molecule has 1 aliphatic carbocycles. The number of rotatable bonds is 3. The van der Waals surface area contributed by atoms with Crippen LogP contribution in [0.4, 0.5) is 0 Å². The molecule has 0 bridgehead atoms. The van der Waals surface area contributed by atoms with Crippen molar-refractivity contribution in [3.05, 3.63) is 29.3 Å². The molecule has 0 aromatic heterocycles. The van der Waals surface area contributed by atoms with E-state index in [1.807, 2.05) is 0 Å². The molecule has 104 valence electrons. The zero-order chi connectivity index (χ0) is 13.1. The van der Waals surface area contributed by atoms with Gasteiger partial charge in [0.25, 0.3) is 0 Å². The summed E-state index contributed by atoms with van der Waals surface area (Å²) in [5.74, 6) is 0.964. The first-order valence-corrected chi connectivity index (χ1v) is 7.10. The van der Waals surface area contributed by atoms with Gasteiger partial charge in [-0.05, 0) is 42.5 Å². The van der Waals surface area contributed by atoms with Gasteiger partial charge in [0.15, 0.2) is 0 Å². The monoisotopic (exact) mass is 262 g/mol. The minimum Gasteiger partial charge on any atom is -0.497 e. The van der Waals surface area contributed by atoms with Crippen molar-refractivity contribution < 1.29 is 9.47 Å². The summed E-state index contributed by atoms with van der Waals surface area (Å²) in [6.45, 7) is 3.65. The second-order valence-corrected chi connectivity index (χ2v) is 5.30. The van der Waals surface area contributed by atoms with E-state index in [0.717, 1.165) is 44.9 Å². The molecule has 1 unspecified atom stereocenters. The van der Waals surface area contributed by atoms with Crippen molar-refractivity contribution >= 4 is 0 Å². The fourth-order valence-electron chi connectivity index (χ4n) is 2.92. The van der Waals surface area contributed by atoms with Crippen LogP contribution in [0.3, 0.4) is 0 Å². The van der Waals surface area contributed by atoms with Crippen LogP contribution in [-0.4, -0.2) is 44.5 Å². The number of aryl methyl sites for hydroxylation is 1. The van der Waals surface area contributed by atoms with Crippen LogP contribution in [0.5, 0.6) is 5.75 Å². The molecule has 1 aromatic rings. The molecule has 2 aliphatic rings. The van der Waals surface area contributed by atoms with Gasteiger partial charge >= 0.3 is 0 Å². The Balaban J connectivity index is 1.63. The molecule has 3 rings (SSSR count). The van der Waals surface area contributed by atoms with Crippen LogP contribution >= 0.6 is 0 Å². The molecule has 1 fully saturated rings. The van der Waals surface area contributed by atoms with E-state index in [0.29, 0.717) is 6.04 Å². The maximum Gasteiger partial charge on any atom is 0.119 e. The lowest BCUT2D eigenvalue weighted by Gasteiger charge is -2.34. The standard InChI is InChI=1S/C15H22N2O2/c1-18-15-5-3-12-2-4-14(10-13(12)11-15)16-17-6-8-19-9-7-17/h3,5,11,14,16H,2,4,6-10H2,1H3. The lowest BCUT2D eigenvalue weighted by molar-refractivity contribution is 0.00245. The number of ether oxygens (including phenoxy) is 2. The van der Waals surface area contributed by atoms with Crippen LogP contribution in [0.2, 0.25) is 0 Å². The summed E-state index contributed by atoms with van der Waals surface area (Å²) in [6, 6.07) is 6.99. The van der Waals surface area contributed by atoms with Gasteiger partial charge in [-0.2, -0.15) is 0 Å². The molecule has 1 N–H and O–H groups in total. The third-order valence-electron chi connectivity index (χ3n) is 4.02. The van der Waals surface area contributed by atoms with Crippen molar-refractivity contribution in [1.29, 1.82) is 0 Å². The largest absolute Gasteiger partial charge is 0.497 e. The summed E-state index contributed by atoms with van der Waals surface area (Å²) in [5, 5.41) is 2.30. The Bertz CT molecular complexity index is 430. The Morgan fingerprint density at radius 3 is 2.89 bits per heavy atom. The van der Waals surface area contributed by atoms with Crippen molar-refractivity contribution in [1.82, 2.24) is 10.4 Å². The van der Waals surface area contributed by atoms with Crippen LogP contribution in [0.15, 0.2) is 18.2 Å². The molecule has 1 heterocycles. The van der Waals surface area contributed by atoms with Gasteiger partial charge in [0.2, 0.25) is 0 Å². The third kappa shape index (κ3) is 3.08. The van der Waals surface area contributed by atoms with Gasteiger partial charge in [-0.25, -0.2) is 5.01 Å². The average Bonchev–Trinajstić information content (AvgIpc) is 2.47. The number of hydrogen-bond acceptors (Lipinski definition) is 4. The van der Waals surface area contributed by atoms with Gasteiger partial charge in [-0.15, -0.1) is 0 Å². The minimum absolute atomic E-state index is 0.540. The second kappa shape index (κ2) is 5.90. The Morgan fingerprint density at radius 2 is 2.11 bits per heavy atom. The maximum atomic E-state index is 5.38. The Labute approximate surface area is 114 Å². The number of morpholine rings is 1. The molecule has 4 nitrogen and oxygen atoms in total. The number of nitrogens with one attached hydrogen (secondary N) is 1. The number of nitrogens with zero attached hydrogens (tertiary/aromatic N) is 1. The van der Waals surface area contributed by atoms with E-state index in [-0.39, 0.29) is 0 Å². The summed E-state index contributed by atoms with van der Waals surface area (Å²) in [6.07, 6.45) is 3.45. The van der Waals surface area contributed by atoms with Crippen molar-refractivity contribution in [2.75, 3.05) is 33.4 Å². The molecule has 19 heavy (non-hydrogen) atoms. The summed E-state index contributed by atoms with van der Waals surface area (Å²) in [7, 11) is 1.73. The van der Waals surface area contributed by atoms with Gasteiger partial charge in [-0.1, -0.05) is 6.07 Å². The van der Waals surface area contributed by atoms with Gasteiger partial charge in [0, 0.05) is 19.1 Å². The molecule has 1 atom stereocenters. The highest BCUT2D eigenvalue weighted by Crippen LogP contribution is 2.25. The van der Waals surface area contributed by atoms with E-state index in [2.05, 4.69) is 28.6 Å². The van der Waals surface area contributed by atoms with Crippen molar-refractivity contribution in [2.45, 2.75) is 25.3 Å². The molecule has 4 heteroatoms. The Kier molecular flexibility index (Phi) is 4.01. The molecule has 1 aromatic carbocycles. The summed E-state index contributed by atoms with van der Waals surface area (Å²) in [4.78, 5) is 0. The summed E-state index contributed by atoms with van der Waals surface area (Å²) >= 11 is 0. The van der Waals surface area contributed by atoms with Crippen LogP contribution in [0, 0.1) is 0 Å².